The van der Waals surface area contributed by atoms with Gasteiger partial charge in [0.25, 0.3) is 5.91 Å². The van der Waals surface area contributed by atoms with Crippen LogP contribution in [0.3, 0.4) is 0 Å². The molecule has 0 saturated heterocycles. The van der Waals surface area contributed by atoms with Crippen molar-refractivity contribution in [2.75, 3.05) is 18.8 Å². The number of sulfonamides is 1. The van der Waals surface area contributed by atoms with E-state index in [0.717, 1.165) is 3.57 Å². The highest BCUT2D eigenvalue weighted by Gasteiger charge is 2.09. The number of rotatable bonds is 6. The van der Waals surface area contributed by atoms with Crippen LogP contribution in [0.2, 0.25) is 0 Å². The highest BCUT2D eigenvalue weighted by atomic mass is 127. The van der Waals surface area contributed by atoms with E-state index in [9.17, 15) is 13.2 Å². The van der Waals surface area contributed by atoms with Gasteiger partial charge in [0.15, 0.2) is 0 Å². The van der Waals surface area contributed by atoms with Crippen molar-refractivity contribution in [2.45, 2.75) is 6.92 Å². The Bertz CT molecular complexity index is 517. The maximum absolute atomic E-state index is 11.8. The smallest absolute Gasteiger partial charge is 0.252 e. The van der Waals surface area contributed by atoms with Crippen LogP contribution in [0.25, 0.3) is 0 Å². The first kappa shape index (κ1) is 15.4. The minimum atomic E-state index is -3.19. The van der Waals surface area contributed by atoms with Gasteiger partial charge in [0.2, 0.25) is 10.0 Å². The molecule has 0 fully saturated rings. The number of nitrogens with one attached hydrogen (secondary N) is 2. The van der Waals surface area contributed by atoms with E-state index in [-0.39, 0.29) is 24.7 Å². The van der Waals surface area contributed by atoms with Crippen molar-refractivity contribution in [3.05, 3.63) is 33.4 Å². The molecule has 0 aliphatic heterocycles. The highest BCUT2D eigenvalue weighted by molar-refractivity contribution is 14.1. The zero-order chi connectivity index (χ0) is 13.6. The molecule has 0 aromatic heterocycles. The van der Waals surface area contributed by atoms with Crippen LogP contribution in [0.15, 0.2) is 24.3 Å². The summed E-state index contributed by atoms with van der Waals surface area (Å²) < 4.78 is 25.5. The van der Waals surface area contributed by atoms with Crippen LogP contribution < -0.4 is 10.0 Å². The minimum Gasteiger partial charge on any atom is -0.351 e. The van der Waals surface area contributed by atoms with E-state index >= 15 is 0 Å². The Hall–Kier alpha value is -0.670. The molecule has 0 saturated carbocycles. The predicted octanol–water partition coefficient (Wildman–Crippen LogP) is 0.960. The number of carbonyl (C=O) groups is 1. The summed E-state index contributed by atoms with van der Waals surface area (Å²) in [5, 5.41) is 2.67. The second kappa shape index (κ2) is 7.05. The van der Waals surface area contributed by atoms with Gasteiger partial charge in [-0.05, 0) is 41.6 Å². The molecule has 2 N–H and O–H groups in total. The van der Waals surface area contributed by atoms with E-state index in [4.69, 9.17) is 0 Å². The van der Waals surface area contributed by atoms with Gasteiger partial charge in [-0.1, -0.05) is 12.1 Å². The Morgan fingerprint density at radius 1 is 1.28 bits per heavy atom. The molecular weight excluding hydrogens is 367 g/mol. The van der Waals surface area contributed by atoms with Crippen molar-refractivity contribution >= 4 is 38.5 Å². The second-order valence-corrected chi connectivity index (χ2v) is 6.79. The van der Waals surface area contributed by atoms with Crippen LogP contribution in [0.5, 0.6) is 0 Å². The largest absolute Gasteiger partial charge is 0.351 e. The van der Waals surface area contributed by atoms with E-state index in [2.05, 4.69) is 32.6 Å². The third kappa shape index (κ3) is 4.91. The quantitative estimate of drug-likeness (QED) is 0.569. The number of halogens is 1. The summed E-state index contributed by atoms with van der Waals surface area (Å²) in [6, 6.07) is 7.22. The van der Waals surface area contributed by atoms with E-state index in [0.29, 0.717) is 5.56 Å². The highest BCUT2D eigenvalue weighted by Crippen LogP contribution is 2.10. The third-order valence-corrected chi connectivity index (χ3v) is 4.58. The lowest BCUT2D eigenvalue weighted by Gasteiger charge is -2.07. The van der Waals surface area contributed by atoms with Crippen molar-refractivity contribution in [1.29, 1.82) is 0 Å². The van der Waals surface area contributed by atoms with Gasteiger partial charge in [0.05, 0.1) is 11.3 Å². The predicted molar refractivity (Wildman–Crippen MR) is 79.0 cm³/mol. The summed E-state index contributed by atoms with van der Waals surface area (Å²) in [7, 11) is -3.19. The number of amides is 1. The number of carbonyl (C=O) groups excluding carboxylic acids is 1. The topological polar surface area (TPSA) is 75.3 Å². The summed E-state index contributed by atoms with van der Waals surface area (Å²) in [4.78, 5) is 11.8. The van der Waals surface area contributed by atoms with Crippen LogP contribution in [-0.4, -0.2) is 33.2 Å². The summed E-state index contributed by atoms with van der Waals surface area (Å²) >= 11 is 2.08. The lowest BCUT2D eigenvalue weighted by atomic mass is 10.2. The van der Waals surface area contributed by atoms with E-state index < -0.39 is 10.0 Å². The van der Waals surface area contributed by atoms with E-state index in [1.54, 1.807) is 19.1 Å². The maximum atomic E-state index is 11.8. The number of hydrogen-bond acceptors (Lipinski definition) is 3. The first-order valence-electron chi connectivity index (χ1n) is 5.46. The van der Waals surface area contributed by atoms with Crippen LogP contribution in [-0.2, 0) is 10.0 Å². The van der Waals surface area contributed by atoms with Gasteiger partial charge in [-0.25, -0.2) is 13.1 Å². The molecule has 1 aromatic rings. The molecule has 100 valence electrons. The standard InChI is InChI=1S/C11H15IN2O3S/c1-2-18(16,17)14-8-7-13-11(15)9-5-3-4-6-10(9)12/h3-6,14H,2,7-8H2,1H3,(H,13,15). The van der Waals surface area contributed by atoms with Gasteiger partial charge in [0, 0.05) is 16.7 Å². The molecule has 7 heteroatoms. The fourth-order valence-corrected chi connectivity index (χ4v) is 2.47. The van der Waals surface area contributed by atoms with Crippen LogP contribution in [0, 0.1) is 3.57 Å². The summed E-state index contributed by atoms with van der Waals surface area (Å²) in [6.07, 6.45) is 0. The Balaban J connectivity index is 2.42. The molecule has 18 heavy (non-hydrogen) atoms. The molecule has 0 bridgehead atoms. The molecule has 5 nitrogen and oxygen atoms in total. The fraction of sp³-hybridized carbons (Fsp3) is 0.364. The molecule has 0 atom stereocenters. The van der Waals surface area contributed by atoms with Gasteiger partial charge in [-0.3, -0.25) is 4.79 Å². The molecule has 0 aliphatic carbocycles. The molecule has 1 rings (SSSR count). The van der Waals surface area contributed by atoms with Crippen molar-refractivity contribution in [3.8, 4) is 0 Å². The van der Waals surface area contributed by atoms with Gasteiger partial charge in [0.1, 0.15) is 0 Å². The Labute approximate surface area is 121 Å². The summed E-state index contributed by atoms with van der Waals surface area (Å²) in [6.45, 7) is 2.03. The zero-order valence-electron chi connectivity index (χ0n) is 9.94. The van der Waals surface area contributed by atoms with Crippen molar-refractivity contribution < 1.29 is 13.2 Å². The van der Waals surface area contributed by atoms with Crippen LogP contribution in [0.1, 0.15) is 17.3 Å². The molecular formula is C11H15IN2O3S. The zero-order valence-corrected chi connectivity index (χ0v) is 12.9. The van der Waals surface area contributed by atoms with Gasteiger partial charge >= 0.3 is 0 Å². The molecule has 0 heterocycles. The van der Waals surface area contributed by atoms with Gasteiger partial charge < -0.3 is 5.32 Å². The van der Waals surface area contributed by atoms with E-state index in [1.165, 1.54) is 0 Å². The molecule has 0 aliphatic rings. The lowest BCUT2D eigenvalue weighted by Crippen LogP contribution is -2.35. The summed E-state index contributed by atoms with van der Waals surface area (Å²) in [5.74, 6) is -0.159. The Morgan fingerprint density at radius 3 is 2.56 bits per heavy atom. The number of hydrogen-bond donors (Lipinski definition) is 2. The minimum absolute atomic E-state index is 0.0392. The Kier molecular flexibility index (Phi) is 6.03. The molecule has 1 amide bonds. The van der Waals surface area contributed by atoms with Crippen molar-refractivity contribution in [1.82, 2.24) is 10.0 Å². The molecule has 0 unspecified atom stereocenters. The lowest BCUT2D eigenvalue weighted by molar-refractivity contribution is 0.0953. The first-order valence-corrected chi connectivity index (χ1v) is 8.19. The SMILES string of the molecule is CCS(=O)(=O)NCCNC(=O)c1ccccc1I. The van der Waals surface area contributed by atoms with E-state index in [1.807, 2.05) is 12.1 Å². The molecule has 0 radical (unpaired) electrons. The van der Waals surface area contributed by atoms with Crippen LogP contribution >= 0.6 is 22.6 Å². The van der Waals surface area contributed by atoms with Crippen molar-refractivity contribution in [2.24, 2.45) is 0 Å². The Morgan fingerprint density at radius 2 is 1.94 bits per heavy atom. The summed E-state index contributed by atoms with van der Waals surface area (Å²) in [5.41, 5.74) is 0.594. The number of benzene rings is 1. The average Bonchev–Trinajstić information content (AvgIpc) is 2.35. The van der Waals surface area contributed by atoms with Crippen LogP contribution in [0.4, 0.5) is 0 Å². The first-order chi connectivity index (χ1) is 8.46. The normalized spacial score (nSPS) is 11.2. The van der Waals surface area contributed by atoms with Gasteiger partial charge in [-0.2, -0.15) is 0 Å². The molecule has 1 aromatic carbocycles. The van der Waals surface area contributed by atoms with Crippen molar-refractivity contribution in [3.63, 3.8) is 0 Å². The van der Waals surface area contributed by atoms with Gasteiger partial charge in [-0.15, -0.1) is 0 Å². The monoisotopic (exact) mass is 382 g/mol. The maximum Gasteiger partial charge on any atom is 0.252 e. The molecule has 0 spiro atoms. The fourth-order valence-electron chi connectivity index (χ4n) is 1.23. The average molecular weight is 382 g/mol. The second-order valence-electron chi connectivity index (χ2n) is 3.53. The third-order valence-electron chi connectivity index (χ3n) is 2.23.